The predicted molar refractivity (Wildman–Crippen MR) is 56.5 cm³/mol. The molecule has 82 valence electrons. The predicted octanol–water partition coefficient (Wildman–Crippen LogP) is 1.01. The molecule has 0 fully saturated rings. The molecule has 1 aromatic rings. The minimum atomic E-state index is -0.337. The van der Waals surface area contributed by atoms with Gasteiger partial charge in [0.15, 0.2) is 0 Å². The van der Waals surface area contributed by atoms with Gasteiger partial charge in [-0.2, -0.15) is 0 Å². The Kier molecular flexibility index (Phi) is 4.53. The van der Waals surface area contributed by atoms with Crippen molar-refractivity contribution in [2.75, 3.05) is 19.0 Å². The van der Waals surface area contributed by atoms with Crippen molar-refractivity contribution in [2.45, 2.75) is 19.8 Å². The summed E-state index contributed by atoms with van der Waals surface area (Å²) in [5, 5.41) is 2.77. The van der Waals surface area contributed by atoms with E-state index >= 15 is 0 Å². The van der Waals surface area contributed by atoms with Crippen LogP contribution in [0.15, 0.2) is 12.4 Å². The van der Waals surface area contributed by atoms with E-state index < -0.39 is 0 Å². The average Bonchev–Trinajstić information content (AvgIpc) is 2.28. The van der Waals surface area contributed by atoms with Crippen LogP contribution >= 0.6 is 0 Å². The zero-order valence-corrected chi connectivity index (χ0v) is 8.99. The van der Waals surface area contributed by atoms with Crippen molar-refractivity contribution in [1.82, 2.24) is 9.97 Å². The fraction of sp³-hybridized carbons (Fsp3) is 0.500. The number of carbonyl (C=O) groups excluding carboxylic acids is 1. The van der Waals surface area contributed by atoms with Crippen LogP contribution in [-0.4, -0.2) is 29.6 Å². The van der Waals surface area contributed by atoms with Crippen molar-refractivity contribution in [3.8, 4) is 0 Å². The van der Waals surface area contributed by atoms with Crippen LogP contribution < -0.4 is 5.32 Å². The molecule has 0 saturated heterocycles. The molecule has 15 heavy (non-hydrogen) atoms. The van der Waals surface area contributed by atoms with E-state index in [2.05, 4.69) is 26.9 Å². The van der Waals surface area contributed by atoms with Crippen molar-refractivity contribution >= 4 is 11.9 Å². The summed E-state index contributed by atoms with van der Waals surface area (Å²) in [6.07, 6.45) is 5.56. The van der Waals surface area contributed by atoms with Gasteiger partial charge in [0.05, 0.1) is 7.11 Å². The smallest absolute Gasteiger partial charge is 0.325 e. The van der Waals surface area contributed by atoms with Gasteiger partial charge >= 0.3 is 5.97 Å². The maximum atomic E-state index is 10.8. The minimum absolute atomic E-state index is 0.0869. The first-order chi connectivity index (χ1) is 7.26. The lowest BCUT2D eigenvalue weighted by atomic mass is 10.2. The Morgan fingerprint density at radius 2 is 2.13 bits per heavy atom. The van der Waals surface area contributed by atoms with Crippen LogP contribution in [0.5, 0.6) is 0 Å². The van der Waals surface area contributed by atoms with Gasteiger partial charge in [0.25, 0.3) is 0 Å². The first-order valence-electron chi connectivity index (χ1n) is 4.88. The lowest BCUT2D eigenvalue weighted by molar-refractivity contribution is -0.138. The quantitative estimate of drug-likeness (QED) is 0.733. The van der Waals surface area contributed by atoms with Crippen LogP contribution in [-0.2, 0) is 16.0 Å². The molecule has 1 heterocycles. The number of hydrogen-bond donors (Lipinski definition) is 1. The van der Waals surface area contributed by atoms with E-state index in [1.165, 1.54) is 7.11 Å². The fourth-order valence-electron chi connectivity index (χ4n) is 1.09. The number of carbonyl (C=O) groups is 1. The molecule has 0 aliphatic rings. The molecule has 0 saturated carbocycles. The van der Waals surface area contributed by atoms with E-state index in [-0.39, 0.29) is 12.5 Å². The second-order valence-electron chi connectivity index (χ2n) is 3.09. The van der Waals surface area contributed by atoms with Crippen molar-refractivity contribution in [3.63, 3.8) is 0 Å². The summed E-state index contributed by atoms with van der Waals surface area (Å²) in [7, 11) is 1.34. The zero-order chi connectivity index (χ0) is 11.1. The number of esters is 1. The summed E-state index contributed by atoms with van der Waals surface area (Å²) in [5.41, 5.74) is 1.10. The number of ether oxygens (including phenoxy) is 1. The highest BCUT2D eigenvalue weighted by molar-refractivity contribution is 5.73. The van der Waals surface area contributed by atoms with Crippen molar-refractivity contribution in [2.24, 2.45) is 0 Å². The molecule has 1 rings (SSSR count). The van der Waals surface area contributed by atoms with Gasteiger partial charge in [-0.15, -0.1) is 0 Å². The Morgan fingerprint density at radius 3 is 2.67 bits per heavy atom. The number of rotatable bonds is 5. The van der Waals surface area contributed by atoms with E-state index in [9.17, 15) is 4.79 Å². The molecule has 0 aliphatic heterocycles. The summed E-state index contributed by atoms with van der Waals surface area (Å²) >= 11 is 0. The Bertz CT molecular complexity index is 311. The van der Waals surface area contributed by atoms with E-state index in [1.807, 2.05) is 0 Å². The number of aryl methyl sites for hydroxylation is 1. The number of nitrogens with one attached hydrogen (secondary N) is 1. The van der Waals surface area contributed by atoms with Gasteiger partial charge in [0, 0.05) is 12.4 Å². The molecular formula is C10H15N3O2. The molecule has 0 spiro atoms. The van der Waals surface area contributed by atoms with Crippen molar-refractivity contribution in [3.05, 3.63) is 18.0 Å². The molecule has 5 heteroatoms. The van der Waals surface area contributed by atoms with Gasteiger partial charge in [0.1, 0.15) is 6.54 Å². The Balaban J connectivity index is 2.45. The number of nitrogens with zero attached hydrogens (tertiary/aromatic N) is 2. The van der Waals surface area contributed by atoms with Crippen LogP contribution in [0.1, 0.15) is 18.9 Å². The Morgan fingerprint density at radius 1 is 1.47 bits per heavy atom. The van der Waals surface area contributed by atoms with Gasteiger partial charge in [0.2, 0.25) is 5.95 Å². The summed E-state index contributed by atoms with van der Waals surface area (Å²) in [4.78, 5) is 19.0. The third-order valence-corrected chi connectivity index (χ3v) is 1.86. The molecule has 0 unspecified atom stereocenters. The molecular weight excluding hydrogens is 194 g/mol. The third kappa shape index (κ3) is 3.93. The molecule has 5 nitrogen and oxygen atoms in total. The topological polar surface area (TPSA) is 64.1 Å². The van der Waals surface area contributed by atoms with E-state index in [0.29, 0.717) is 5.95 Å². The highest BCUT2D eigenvalue weighted by Crippen LogP contribution is 2.02. The lowest BCUT2D eigenvalue weighted by Crippen LogP contribution is -2.16. The number of methoxy groups -OCH3 is 1. The van der Waals surface area contributed by atoms with Gasteiger partial charge in [-0.3, -0.25) is 4.79 Å². The summed E-state index contributed by atoms with van der Waals surface area (Å²) < 4.78 is 4.48. The lowest BCUT2D eigenvalue weighted by Gasteiger charge is -2.03. The zero-order valence-electron chi connectivity index (χ0n) is 8.99. The van der Waals surface area contributed by atoms with Crippen LogP contribution in [0.25, 0.3) is 0 Å². The molecule has 0 radical (unpaired) electrons. The molecule has 0 aromatic carbocycles. The second kappa shape index (κ2) is 5.95. The van der Waals surface area contributed by atoms with Gasteiger partial charge in [-0.25, -0.2) is 9.97 Å². The van der Waals surface area contributed by atoms with Crippen LogP contribution in [0.4, 0.5) is 5.95 Å². The van der Waals surface area contributed by atoms with E-state index in [0.717, 1.165) is 18.4 Å². The second-order valence-corrected chi connectivity index (χ2v) is 3.09. The maximum absolute atomic E-state index is 10.8. The highest BCUT2D eigenvalue weighted by Gasteiger charge is 2.01. The van der Waals surface area contributed by atoms with Crippen LogP contribution in [0.2, 0.25) is 0 Å². The Labute approximate surface area is 88.9 Å². The minimum Gasteiger partial charge on any atom is -0.468 e. The first-order valence-corrected chi connectivity index (χ1v) is 4.88. The standard InChI is InChI=1S/C10H15N3O2/c1-3-4-8-5-11-10(12-6-8)13-7-9(14)15-2/h5-6H,3-4,7H2,1-2H3,(H,11,12,13). The maximum Gasteiger partial charge on any atom is 0.325 e. The van der Waals surface area contributed by atoms with Crippen LogP contribution in [0.3, 0.4) is 0 Å². The molecule has 0 bridgehead atoms. The summed E-state index contributed by atoms with van der Waals surface area (Å²) in [5.74, 6) is 0.108. The normalized spacial score (nSPS) is 9.73. The SMILES string of the molecule is CCCc1cnc(NCC(=O)OC)nc1. The van der Waals surface area contributed by atoms with Crippen molar-refractivity contribution < 1.29 is 9.53 Å². The summed E-state index contributed by atoms with van der Waals surface area (Å²) in [6, 6.07) is 0. The third-order valence-electron chi connectivity index (χ3n) is 1.86. The van der Waals surface area contributed by atoms with Gasteiger partial charge < -0.3 is 10.1 Å². The van der Waals surface area contributed by atoms with Gasteiger partial charge in [-0.05, 0) is 12.0 Å². The Hall–Kier alpha value is -1.65. The molecule has 0 aliphatic carbocycles. The average molecular weight is 209 g/mol. The van der Waals surface area contributed by atoms with Gasteiger partial charge in [-0.1, -0.05) is 13.3 Å². The number of hydrogen-bond acceptors (Lipinski definition) is 5. The fourth-order valence-corrected chi connectivity index (χ4v) is 1.09. The molecule has 0 atom stereocenters. The number of aromatic nitrogens is 2. The van der Waals surface area contributed by atoms with Crippen molar-refractivity contribution in [1.29, 1.82) is 0 Å². The van der Waals surface area contributed by atoms with E-state index in [1.54, 1.807) is 12.4 Å². The molecule has 1 N–H and O–H groups in total. The summed E-state index contributed by atoms with van der Waals surface area (Å²) in [6.45, 7) is 2.19. The largest absolute Gasteiger partial charge is 0.468 e. The number of anilines is 1. The first kappa shape index (κ1) is 11.4. The molecule has 1 aromatic heterocycles. The highest BCUT2D eigenvalue weighted by atomic mass is 16.5. The monoisotopic (exact) mass is 209 g/mol. The van der Waals surface area contributed by atoms with E-state index in [4.69, 9.17) is 0 Å². The molecule has 0 amide bonds. The van der Waals surface area contributed by atoms with Crippen LogP contribution in [0, 0.1) is 0 Å².